The van der Waals surface area contributed by atoms with E-state index in [0.29, 0.717) is 5.92 Å². The minimum absolute atomic E-state index is 0.538. The molecule has 1 fully saturated rings. The molecular formula is C14H19N3OS. The summed E-state index contributed by atoms with van der Waals surface area (Å²) in [5.74, 6) is 2.13. The molecular weight excluding hydrogens is 258 g/mol. The molecule has 2 heterocycles. The monoisotopic (exact) mass is 277 g/mol. The van der Waals surface area contributed by atoms with Gasteiger partial charge in [0.05, 0.1) is 6.54 Å². The summed E-state index contributed by atoms with van der Waals surface area (Å²) in [4.78, 5) is 0. The van der Waals surface area contributed by atoms with E-state index >= 15 is 0 Å². The van der Waals surface area contributed by atoms with Gasteiger partial charge in [0, 0.05) is 35.9 Å². The van der Waals surface area contributed by atoms with Gasteiger partial charge in [-0.05, 0) is 23.1 Å². The molecule has 1 aromatic carbocycles. The first-order valence-corrected chi connectivity index (χ1v) is 8.23. The molecule has 0 aromatic heterocycles. The zero-order valence-electron chi connectivity index (χ0n) is 11.1. The lowest BCUT2D eigenvalue weighted by molar-refractivity contribution is -0.0821. The first kappa shape index (κ1) is 12.7. The second kappa shape index (κ2) is 4.98. The van der Waals surface area contributed by atoms with E-state index in [9.17, 15) is 4.21 Å². The quantitative estimate of drug-likeness (QED) is 0.895. The Labute approximate surface area is 116 Å². The number of hydrazine groups is 1. The largest absolute Gasteiger partial charge is 0.384 e. The summed E-state index contributed by atoms with van der Waals surface area (Å²) in [5, 5.41) is 4.39. The molecule has 1 aromatic rings. The zero-order chi connectivity index (χ0) is 13.4. The molecule has 2 aliphatic rings. The predicted octanol–water partition coefficient (Wildman–Crippen LogP) is 0.985. The van der Waals surface area contributed by atoms with E-state index in [4.69, 9.17) is 5.73 Å². The lowest BCUT2D eigenvalue weighted by atomic mass is 10.0. The number of fused-ring (bicyclic) bond motifs is 1. The Morgan fingerprint density at radius 3 is 2.84 bits per heavy atom. The van der Waals surface area contributed by atoms with E-state index in [-0.39, 0.29) is 0 Å². The molecule has 1 unspecified atom stereocenters. The van der Waals surface area contributed by atoms with Crippen LogP contribution in [0.1, 0.15) is 11.1 Å². The molecule has 1 atom stereocenters. The van der Waals surface area contributed by atoms with Gasteiger partial charge in [0.15, 0.2) is 0 Å². The predicted molar refractivity (Wildman–Crippen MR) is 78.1 cm³/mol. The summed E-state index contributed by atoms with van der Waals surface area (Å²) < 4.78 is 11.2. The summed E-state index contributed by atoms with van der Waals surface area (Å²) in [6.07, 6.45) is 3.80. The molecule has 2 N–H and O–H groups in total. The molecule has 1 saturated heterocycles. The van der Waals surface area contributed by atoms with Gasteiger partial charge in [0.2, 0.25) is 0 Å². The van der Waals surface area contributed by atoms with Gasteiger partial charge in [-0.25, -0.2) is 5.01 Å². The van der Waals surface area contributed by atoms with Crippen molar-refractivity contribution in [2.75, 3.05) is 25.1 Å². The van der Waals surface area contributed by atoms with Gasteiger partial charge in [0.1, 0.15) is 5.82 Å². The first-order valence-electron chi connectivity index (χ1n) is 6.51. The Morgan fingerprint density at radius 1 is 1.37 bits per heavy atom. The van der Waals surface area contributed by atoms with Crippen molar-refractivity contribution < 1.29 is 4.21 Å². The molecule has 5 heteroatoms. The zero-order valence-corrected chi connectivity index (χ0v) is 11.9. The number of nitrogens with two attached hydrogens (primary N) is 1. The maximum atomic E-state index is 11.2. The Hall–Kier alpha value is -1.33. The number of hydrogen-bond donors (Lipinski definition) is 1. The summed E-state index contributed by atoms with van der Waals surface area (Å²) in [7, 11) is -0.700. The molecule has 2 aliphatic heterocycles. The number of rotatable bonds is 3. The van der Waals surface area contributed by atoms with E-state index in [1.54, 1.807) is 6.26 Å². The topological polar surface area (TPSA) is 49.6 Å². The van der Waals surface area contributed by atoms with Gasteiger partial charge in [-0.3, -0.25) is 9.22 Å². The molecule has 102 valence electrons. The summed E-state index contributed by atoms with van der Waals surface area (Å²) in [6, 6.07) is 8.34. The Morgan fingerprint density at radius 2 is 2.11 bits per heavy atom. The molecule has 19 heavy (non-hydrogen) atoms. The minimum Gasteiger partial charge on any atom is -0.384 e. The summed E-state index contributed by atoms with van der Waals surface area (Å²) >= 11 is 0. The first-order chi connectivity index (χ1) is 9.13. The van der Waals surface area contributed by atoms with Crippen LogP contribution in [0.15, 0.2) is 30.1 Å². The van der Waals surface area contributed by atoms with Crippen molar-refractivity contribution in [1.82, 2.24) is 10.0 Å². The van der Waals surface area contributed by atoms with Gasteiger partial charge in [-0.2, -0.15) is 0 Å². The van der Waals surface area contributed by atoms with Crippen molar-refractivity contribution in [2.45, 2.75) is 6.54 Å². The summed E-state index contributed by atoms with van der Waals surface area (Å²) in [6.45, 7) is 2.74. The summed E-state index contributed by atoms with van der Waals surface area (Å²) in [5.41, 5.74) is 8.65. The smallest absolute Gasteiger partial charge is 0.114 e. The highest BCUT2D eigenvalue weighted by molar-refractivity contribution is 7.84. The van der Waals surface area contributed by atoms with Crippen LogP contribution >= 0.6 is 0 Å². The number of benzene rings is 1. The third-order valence-electron chi connectivity index (χ3n) is 3.73. The van der Waals surface area contributed by atoms with Crippen LogP contribution in [0.2, 0.25) is 0 Å². The van der Waals surface area contributed by atoms with Crippen LogP contribution in [-0.4, -0.2) is 39.3 Å². The van der Waals surface area contributed by atoms with Gasteiger partial charge in [-0.1, -0.05) is 24.3 Å². The van der Waals surface area contributed by atoms with Crippen molar-refractivity contribution in [3.63, 3.8) is 0 Å². The van der Waals surface area contributed by atoms with Crippen LogP contribution in [0, 0.1) is 5.92 Å². The average Bonchev–Trinajstić information content (AvgIpc) is 2.32. The fourth-order valence-electron chi connectivity index (χ4n) is 2.75. The fraction of sp³-hybridized carbons (Fsp3) is 0.429. The van der Waals surface area contributed by atoms with Gasteiger partial charge >= 0.3 is 0 Å². The molecule has 0 radical (unpaired) electrons. The third kappa shape index (κ3) is 2.53. The fourth-order valence-corrected chi connectivity index (χ4v) is 3.62. The van der Waals surface area contributed by atoms with E-state index in [1.807, 2.05) is 12.1 Å². The van der Waals surface area contributed by atoms with Crippen molar-refractivity contribution in [3.8, 4) is 0 Å². The highest BCUT2D eigenvalue weighted by atomic mass is 32.2. The Balaban J connectivity index is 1.67. The van der Waals surface area contributed by atoms with E-state index in [2.05, 4.69) is 28.2 Å². The van der Waals surface area contributed by atoms with Gasteiger partial charge in [0.25, 0.3) is 0 Å². The van der Waals surface area contributed by atoms with Crippen molar-refractivity contribution in [3.05, 3.63) is 41.2 Å². The highest BCUT2D eigenvalue weighted by Crippen LogP contribution is 2.28. The molecule has 0 bridgehead atoms. The Bertz CT molecular complexity index is 537. The van der Waals surface area contributed by atoms with Crippen molar-refractivity contribution in [1.29, 1.82) is 0 Å². The maximum Gasteiger partial charge on any atom is 0.114 e. The van der Waals surface area contributed by atoms with Crippen molar-refractivity contribution >= 4 is 16.9 Å². The van der Waals surface area contributed by atoms with Crippen LogP contribution < -0.4 is 5.73 Å². The Kier molecular flexibility index (Phi) is 3.33. The molecule has 4 nitrogen and oxygen atoms in total. The van der Waals surface area contributed by atoms with Crippen molar-refractivity contribution in [2.24, 2.45) is 11.7 Å². The lowest BCUT2D eigenvalue weighted by Gasteiger charge is -2.48. The maximum absolute atomic E-state index is 11.2. The van der Waals surface area contributed by atoms with Crippen LogP contribution in [-0.2, 0) is 17.3 Å². The van der Waals surface area contributed by atoms with Gasteiger partial charge < -0.3 is 5.73 Å². The number of nitrogens with zero attached hydrogens (tertiary/aromatic N) is 2. The van der Waals surface area contributed by atoms with E-state index in [0.717, 1.165) is 31.2 Å². The molecule has 0 spiro atoms. The van der Waals surface area contributed by atoms with Crippen LogP contribution in [0.5, 0.6) is 0 Å². The van der Waals surface area contributed by atoms with Crippen LogP contribution in [0.4, 0.5) is 0 Å². The van der Waals surface area contributed by atoms with E-state index < -0.39 is 10.8 Å². The SMILES string of the molecule is CS(=O)CC1CN(N2Cc3ccccc3C=C2N)C1. The normalized spacial score (nSPS) is 21.5. The molecule has 0 amide bonds. The number of hydrogen-bond acceptors (Lipinski definition) is 4. The van der Waals surface area contributed by atoms with E-state index in [1.165, 1.54) is 11.1 Å². The standard InChI is InChI=1S/C14H19N3OS/c1-19(18)10-11-7-16(8-11)17-9-13-5-3-2-4-12(13)6-14(17)15/h2-6,11H,7-10,15H2,1H3. The second-order valence-electron chi connectivity index (χ2n) is 5.30. The molecule has 0 saturated carbocycles. The highest BCUT2D eigenvalue weighted by Gasteiger charge is 2.33. The lowest BCUT2D eigenvalue weighted by Crippen LogP contribution is -2.58. The second-order valence-corrected chi connectivity index (χ2v) is 6.78. The molecule has 3 rings (SSSR count). The third-order valence-corrected chi connectivity index (χ3v) is 4.67. The van der Waals surface area contributed by atoms with Gasteiger partial charge in [-0.15, -0.1) is 0 Å². The average molecular weight is 277 g/mol. The minimum atomic E-state index is -0.700. The molecule has 0 aliphatic carbocycles. The van der Waals surface area contributed by atoms with Crippen LogP contribution in [0.25, 0.3) is 6.08 Å². The van der Waals surface area contributed by atoms with Crippen LogP contribution in [0.3, 0.4) is 0 Å².